The molecule has 0 unspecified atom stereocenters. The molecule has 32 heavy (non-hydrogen) atoms. The van der Waals surface area contributed by atoms with Crippen molar-refractivity contribution in [2.24, 2.45) is 0 Å². The van der Waals surface area contributed by atoms with Crippen molar-refractivity contribution in [3.63, 3.8) is 0 Å². The highest BCUT2D eigenvalue weighted by Gasteiger charge is 2.22. The van der Waals surface area contributed by atoms with E-state index in [-0.39, 0.29) is 5.91 Å². The van der Waals surface area contributed by atoms with E-state index in [1.807, 2.05) is 66.4 Å². The lowest BCUT2D eigenvalue weighted by Gasteiger charge is -2.35. The fourth-order valence-corrected chi connectivity index (χ4v) is 4.27. The van der Waals surface area contributed by atoms with Crippen LogP contribution in [0.4, 0.5) is 0 Å². The standard InChI is InChI=1S/C27H29ClN2O2/c1-20-10-11-26(21(2)16-20)32-19-22-6-5-8-23(17-22)27(31)30-14-12-29(13-15-30)18-24-7-3-4-9-25(24)28/h3-11,16-17H,12-15,18-19H2,1-2H3. The largest absolute Gasteiger partial charge is 0.489 e. The quantitative estimate of drug-likeness (QED) is 0.499. The number of hydrogen-bond donors (Lipinski definition) is 0. The molecule has 0 bridgehead atoms. The molecule has 1 aliphatic rings. The highest BCUT2D eigenvalue weighted by atomic mass is 35.5. The van der Waals surface area contributed by atoms with Crippen LogP contribution in [0.15, 0.2) is 66.7 Å². The fraction of sp³-hybridized carbons (Fsp3) is 0.296. The molecule has 4 rings (SSSR count). The molecule has 5 heteroatoms. The number of halogens is 1. The van der Waals surface area contributed by atoms with Crippen molar-refractivity contribution in [3.05, 3.63) is 99.6 Å². The van der Waals surface area contributed by atoms with Crippen LogP contribution < -0.4 is 4.74 Å². The summed E-state index contributed by atoms with van der Waals surface area (Å²) in [6.45, 7) is 8.48. The van der Waals surface area contributed by atoms with Gasteiger partial charge in [0, 0.05) is 43.3 Å². The first-order valence-corrected chi connectivity index (χ1v) is 11.4. The fourth-order valence-electron chi connectivity index (χ4n) is 4.08. The van der Waals surface area contributed by atoms with Gasteiger partial charge < -0.3 is 9.64 Å². The predicted molar refractivity (Wildman–Crippen MR) is 129 cm³/mol. The van der Waals surface area contributed by atoms with Gasteiger partial charge >= 0.3 is 0 Å². The van der Waals surface area contributed by atoms with Gasteiger partial charge in [0.05, 0.1) is 0 Å². The summed E-state index contributed by atoms with van der Waals surface area (Å²) in [4.78, 5) is 17.4. The topological polar surface area (TPSA) is 32.8 Å². The molecule has 1 aliphatic heterocycles. The Labute approximate surface area is 195 Å². The lowest BCUT2D eigenvalue weighted by Crippen LogP contribution is -2.48. The smallest absolute Gasteiger partial charge is 0.253 e. The molecule has 4 nitrogen and oxygen atoms in total. The number of aryl methyl sites for hydroxylation is 2. The number of ether oxygens (including phenoxy) is 1. The molecule has 1 amide bonds. The normalized spacial score (nSPS) is 14.4. The van der Waals surface area contributed by atoms with Crippen molar-refractivity contribution in [1.29, 1.82) is 0 Å². The van der Waals surface area contributed by atoms with E-state index in [1.54, 1.807) is 0 Å². The number of carbonyl (C=O) groups is 1. The Kier molecular flexibility index (Phi) is 7.13. The number of benzene rings is 3. The zero-order chi connectivity index (χ0) is 22.5. The van der Waals surface area contributed by atoms with E-state index >= 15 is 0 Å². The lowest BCUT2D eigenvalue weighted by atomic mass is 10.1. The Balaban J connectivity index is 1.33. The Morgan fingerprint density at radius 3 is 2.47 bits per heavy atom. The van der Waals surface area contributed by atoms with E-state index in [0.29, 0.717) is 25.3 Å². The third kappa shape index (κ3) is 5.50. The first kappa shape index (κ1) is 22.4. The summed E-state index contributed by atoms with van der Waals surface area (Å²) in [6.07, 6.45) is 0. The first-order valence-electron chi connectivity index (χ1n) is 11.0. The minimum atomic E-state index is 0.0794. The van der Waals surface area contributed by atoms with Crippen molar-refractivity contribution in [3.8, 4) is 5.75 Å². The second-order valence-electron chi connectivity index (χ2n) is 8.42. The summed E-state index contributed by atoms with van der Waals surface area (Å²) in [5.74, 6) is 0.956. The zero-order valence-corrected chi connectivity index (χ0v) is 19.4. The number of nitrogens with zero attached hydrogens (tertiary/aromatic N) is 2. The summed E-state index contributed by atoms with van der Waals surface area (Å²) < 4.78 is 6.00. The van der Waals surface area contributed by atoms with Gasteiger partial charge in [-0.3, -0.25) is 9.69 Å². The predicted octanol–water partition coefficient (Wildman–Crippen LogP) is 5.49. The van der Waals surface area contributed by atoms with Gasteiger partial charge in [-0.2, -0.15) is 0 Å². The monoisotopic (exact) mass is 448 g/mol. The van der Waals surface area contributed by atoms with E-state index in [0.717, 1.165) is 47.1 Å². The average molecular weight is 449 g/mol. The van der Waals surface area contributed by atoms with Crippen LogP contribution in [0.1, 0.15) is 32.6 Å². The highest BCUT2D eigenvalue weighted by molar-refractivity contribution is 6.31. The molecule has 0 aromatic heterocycles. The van der Waals surface area contributed by atoms with Gasteiger partial charge in [0.15, 0.2) is 0 Å². The average Bonchev–Trinajstić information content (AvgIpc) is 2.80. The van der Waals surface area contributed by atoms with Gasteiger partial charge in [-0.15, -0.1) is 0 Å². The third-order valence-electron chi connectivity index (χ3n) is 5.91. The second-order valence-corrected chi connectivity index (χ2v) is 8.82. The molecular formula is C27H29ClN2O2. The molecule has 3 aromatic rings. The van der Waals surface area contributed by atoms with E-state index in [9.17, 15) is 4.79 Å². The molecule has 0 spiro atoms. The minimum absolute atomic E-state index is 0.0794. The van der Waals surface area contributed by atoms with E-state index in [2.05, 4.69) is 24.0 Å². The third-order valence-corrected chi connectivity index (χ3v) is 6.28. The van der Waals surface area contributed by atoms with E-state index in [4.69, 9.17) is 16.3 Å². The van der Waals surface area contributed by atoms with Gasteiger partial charge in [0.25, 0.3) is 5.91 Å². The number of rotatable bonds is 6. The van der Waals surface area contributed by atoms with Crippen molar-refractivity contribution in [2.45, 2.75) is 27.0 Å². The maximum atomic E-state index is 13.1. The number of amides is 1. The Bertz CT molecular complexity index is 1090. The van der Waals surface area contributed by atoms with Crippen molar-refractivity contribution >= 4 is 17.5 Å². The maximum Gasteiger partial charge on any atom is 0.253 e. The SMILES string of the molecule is Cc1ccc(OCc2cccc(C(=O)N3CCN(Cc4ccccc4Cl)CC3)c2)c(C)c1. The number of carbonyl (C=O) groups excluding carboxylic acids is 1. The molecule has 166 valence electrons. The van der Waals surface area contributed by atoms with Crippen LogP contribution in [0.3, 0.4) is 0 Å². The molecule has 0 aliphatic carbocycles. The van der Waals surface area contributed by atoms with Crippen LogP contribution in [-0.2, 0) is 13.2 Å². The van der Waals surface area contributed by atoms with Gasteiger partial charge in [-0.25, -0.2) is 0 Å². The molecular weight excluding hydrogens is 420 g/mol. The van der Waals surface area contributed by atoms with E-state index < -0.39 is 0 Å². The summed E-state index contributed by atoms with van der Waals surface area (Å²) in [6, 6.07) is 21.9. The van der Waals surface area contributed by atoms with Crippen LogP contribution in [0.2, 0.25) is 5.02 Å². The second kappa shape index (κ2) is 10.2. The molecule has 1 fully saturated rings. The number of hydrogen-bond acceptors (Lipinski definition) is 3. The molecule has 1 saturated heterocycles. The van der Waals surface area contributed by atoms with Crippen LogP contribution in [-0.4, -0.2) is 41.9 Å². The van der Waals surface area contributed by atoms with Crippen LogP contribution in [0, 0.1) is 13.8 Å². The molecule has 0 atom stereocenters. The Hall–Kier alpha value is -2.82. The molecule has 0 saturated carbocycles. The molecule has 0 N–H and O–H groups in total. The minimum Gasteiger partial charge on any atom is -0.489 e. The Morgan fingerprint density at radius 1 is 0.938 bits per heavy atom. The van der Waals surface area contributed by atoms with Crippen molar-refractivity contribution < 1.29 is 9.53 Å². The molecule has 1 heterocycles. The highest BCUT2D eigenvalue weighted by Crippen LogP contribution is 2.21. The first-order chi connectivity index (χ1) is 15.5. The van der Waals surface area contributed by atoms with Crippen LogP contribution >= 0.6 is 11.6 Å². The van der Waals surface area contributed by atoms with Crippen molar-refractivity contribution in [1.82, 2.24) is 9.80 Å². The van der Waals surface area contributed by atoms with Gasteiger partial charge in [0.1, 0.15) is 12.4 Å². The summed E-state index contributed by atoms with van der Waals surface area (Å²) in [7, 11) is 0. The molecule has 0 radical (unpaired) electrons. The molecule has 3 aromatic carbocycles. The van der Waals surface area contributed by atoms with Gasteiger partial charge in [0.2, 0.25) is 0 Å². The van der Waals surface area contributed by atoms with Crippen molar-refractivity contribution in [2.75, 3.05) is 26.2 Å². The summed E-state index contributed by atoms with van der Waals surface area (Å²) >= 11 is 6.30. The van der Waals surface area contributed by atoms with Crippen LogP contribution in [0.5, 0.6) is 5.75 Å². The lowest BCUT2D eigenvalue weighted by molar-refractivity contribution is 0.0628. The summed E-state index contributed by atoms with van der Waals surface area (Å²) in [5.41, 5.74) is 5.17. The number of piperazine rings is 1. The van der Waals surface area contributed by atoms with Crippen LogP contribution in [0.25, 0.3) is 0 Å². The van der Waals surface area contributed by atoms with Gasteiger partial charge in [-0.05, 0) is 54.8 Å². The summed E-state index contributed by atoms with van der Waals surface area (Å²) in [5, 5.41) is 0.797. The Morgan fingerprint density at radius 2 is 1.72 bits per heavy atom. The maximum absolute atomic E-state index is 13.1. The van der Waals surface area contributed by atoms with E-state index in [1.165, 1.54) is 5.56 Å². The van der Waals surface area contributed by atoms with Gasteiger partial charge in [-0.1, -0.05) is 59.6 Å². The zero-order valence-electron chi connectivity index (χ0n) is 18.7.